The number of aromatic amines is 2. The van der Waals surface area contributed by atoms with Crippen molar-refractivity contribution in [2.75, 3.05) is 7.11 Å². The van der Waals surface area contributed by atoms with Gasteiger partial charge in [-0.25, -0.2) is 14.8 Å². The number of ether oxygens (including phenoxy) is 1. The van der Waals surface area contributed by atoms with Crippen molar-refractivity contribution in [2.45, 2.75) is 157 Å². The van der Waals surface area contributed by atoms with E-state index in [2.05, 4.69) is 244 Å². The first kappa shape index (κ1) is 55.7. The Morgan fingerprint density at radius 2 is 0.637 bits per heavy atom. The number of esters is 1. The van der Waals surface area contributed by atoms with Crippen LogP contribution in [0.2, 0.25) is 0 Å². The summed E-state index contributed by atoms with van der Waals surface area (Å²) in [4.78, 5) is 33.5. The lowest BCUT2D eigenvalue weighted by atomic mass is 9.78. The zero-order valence-electron chi connectivity index (χ0n) is 51.0. The van der Waals surface area contributed by atoms with Crippen LogP contribution in [-0.4, -0.2) is 33.0 Å². The van der Waals surface area contributed by atoms with Gasteiger partial charge in [-0.3, -0.25) is 0 Å². The number of hydrogen-bond donors (Lipinski definition) is 2. The molecule has 0 atom stereocenters. The molecule has 2 N–H and O–H groups in total. The Labute approximate surface area is 476 Å². The smallest absolute Gasteiger partial charge is 0.338 e. The van der Waals surface area contributed by atoms with E-state index in [1.807, 2.05) is 30.3 Å². The summed E-state index contributed by atoms with van der Waals surface area (Å²) in [5, 5.41) is 0. The van der Waals surface area contributed by atoms with Crippen molar-refractivity contribution in [3.05, 3.63) is 177 Å². The fraction of sp³-hybridized carbons (Fsp3) is 0.338. The van der Waals surface area contributed by atoms with Gasteiger partial charge in [0.25, 0.3) is 0 Å². The number of aromatic nitrogens is 4. The first-order valence-corrected chi connectivity index (χ1v) is 28.5. The summed E-state index contributed by atoms with van der Waals surface area (Å²) in [5.74, 6) is -0.394. The maximum atomic E-state index is 13.8. The number of benzene rings is 3. The van der Waals surface area contributed by atoms with Gasteiger partial charge >= 0.3 is 5.97 Å². The molecule has 8 bridgehead atoms. The molecule has 2 aliphatic heterocycles. The minimum atomic E-state index is -0.394. The molecule has 0 saturated carbocycles. The maximum Gasteiger partial charge on any atom is 0.338 e. The quantitative estimate of drug-likeness (QED) is 0.168. The van der Waals surface area contributed by atoms with E-state index in [1.54, 1.807) is 0 Å². The molecule has 0 amide bonds. The molecule has 0 saturated heterocycles. The molecule has 3 aromatic heterocycles. The van der Waals surface area contributed by atoms with Gasteiger partial charge in [-0.1, -0.05) is 210 Å². The minimum Gasteiger partial charge on any atom is -0.465 e. The van der Waals surface area contributed by atoms with Gasteiger partial charge in [0.2, 0.25) is 0 Å². The largest absolute Gasteiger partial charge is 0.465 e. The van der Waals surface area contributed by atoms with Gasteiger partial charge in [0.05, 0.1) is 35.4 Å². The highest BCUT2D eigenvalue weighted by atomic mass is 16.5. The SMILES string of the molecule is COC(=O)c1cc(-c2c3nc(c(-c4cc(C(C)(C)C)cc(C(C)(C)C)c4)c4ccc([nH]4)c(-c4cc(C(C)(C)C)cc(C(C)(C)C)c4)c4nc(c(-c5cc(C(C)(C)C)cc(C(C)(C)C)c5)c5ccc2[nH]5)C=C4)C=C3)c2cccccc1-2. The summed E-state index contributed by atoms with van der Waals surface area (Å²) >= 11 is 0. The lowest BCUT2D eigenvalue weighted by Gasteiger charge is -2.26. The van der Waals surface area contributed by atoms with Crippen LogP contribution < -0.4 is 0 Å². The zero-order chi connectivity index (χ0) is 57.8. The van der Waals surface area contributed by atoms with Gasteiger partial charge in [0, 0.05) is 44.3 Å². The molecule has 2 aliphatic carbocycles. The molecule has 4 aliphatic rings. The van der Waals surface area contributed by atoms with Crippen molar-refractivity contribution < 1.29 is 9.53 Å². The summed E-state index contributed by atoms with van der Waals surface area (Å²) in [6.45, 7) is 41.3. The Hall–Kier alpha value is -7.57. The van der Waals surface area contributed by atoms with E-state index in [1.165, 1.54) is 40.5 Å². The molecule has 0 unspecified atom stereocenters. The van der Waals surface area contributed by atoms with Crippen molar-refractivity contribution in [3.8, 4) is 55.6 Å². The van der Waals surface area contributed by atoms with Crippen molar-refractivity contribution in [2.24, 2.45) is 0 Å². The summed E-state index contributed by atoms with van der Waals surface area (Å²) < 4.78 is 5.47. The second-order valence-corrected chi connectivity index (χ2v) is 28.6. The first-order chi connectivity index (χ1) is 37.3. The van der Waals surface area contributed by atoms with Crippen molar-refractivity contribution in [1.29, 1.82) is 0 Å². The fourth-order valence-electron chi connectivity index (χ4n) is 11.1. The highest BCUT2D eigenvalue weighted by Crippen LogP contribution is 2.46. The van der Waals surface area contributed by atoms with Gasteiger partial charge in [-0.05, 0) is 154 Å². The van der Waals surface area contributed by atoms with Crippen LogP contribution in [0.5, 0.6) is 0 Å². The predicted octanol–water partition coefficient (Wildman–Crippen LogP) is 20.0. The van der Waals surface area contributed by atoms with E-state index in [9.17, 15) is 4.79 Å². The Morgan fingerprint density at radius 3 is 0.938 bits per heavy atom. The molecule has 0 radical (unpaired) electrons. The van der Waals surface area contributed by atoms with E-state index < -0.39 is 5.97 Å². The average Bonchev–Trinajstić information content (AvgIpc) is 4.30. The van der Waals surface area contributed by atoms with Crippen LogP contribution in [0.3, 0.4) is 0 Å². The third kappa shape index (κ3) is 10.7. The monoisotopic (exact) mass is 1060 g/mol. The highest BCUT2D eigenvalue weighted by Gasteiger charge is 2.29. The number of methoxy groups -OCH3 is 1. The number of nitrogens with zero attached hydrogens (tertiary/aromatic N) is 2. The standard InChI is InChI=1S/C74H82N4O2/c1-69(2,3)46-33-43(34-47(39-46)70(4,5)6)64-56-25-27-58(75-56)65(44-35-48(71(7,8)9)40-49(36-44)72(10,11)12)60-29-31-62(77-60)67(54-42-55(68(79)80-19)53-24-22-20-21-23-52(53)54)63-32-30-61(78-63)66(59-28-26-57(64)76-59)45-37-50(73(13,14)15)41-51(38-45)74(16,17)18/h20-42,75,78H,1-19H3. The molecule has 410 valence electrons. The van der Waals surface area contributed by atoms with Gasteiger partial charge in [0.15, 0.2) is 0 Å². The number of carbonyl (C=O) groups excluding carboxylic acids is 1. The van der Waals surface area contributed by atoms with Crippen LogP contribution in [0.4, 0.5) is 0 Å². The third-order valence-electron chi connectivity index (χ3n) is 16.2. The molecule has 5 heterocycles. The average molecular weight is 1060 g/mol. The van der Waals surface area contributed by atoms with Gasteiger partial charge in [0.1, 0.15) is 0 Å². The topological polar surface area (TPSA) is 83.7 Å². The first-order valence-electron chi connectivity index (χ1n) is 28.5. The number of rotatable bonds is 5. The lowest BCUT2D eigenvalue weighted by Crippen LogP contribution is -2.16. The number of H-pyrrole nitrogens is 2. The molecule has 6 nitrogen and oxygen atoms in total. The van der Waals surface area contributed by atoms with E-state index in [0.717, 1.165) is 100 Å². The van der Waals surface area contributed by atoms with Gasteiger partial charge < -0.3 is 14.7 Å². The number of nitrogens with one attached hydrogen (secondary N) is 2. The van der Waals surface area contributed by atoms with E-state index >= 15 is 0 Å². The summed E-state index contributed by atoms with van der Waals surface area (Å²) in [6.07, 6.45) is 8.73. The second-order valence-electron chi connectivity index (χ2n) is 28.6. The minimum absolute atomic E-state index is 0.122. The molecule has 6 heteroatoms. The van der Waals surface area contributed by atoms with E-state index in [-0.39, 0.29) is 32.5 Å². The fourth-order valence-corrected chi connectivity index (χ4v) is 11.1. The molecule has 3 aromatic carbocycles. The third-order valence-corrected chi connectivity index (χ3v) is 16.2. The maximum absolute atomic E-state index is 13.8. The van der Waals surface area contributed by atoms with Crippen LogP contribution in [0.15, 0.2) is 115 Å². The van der Waals surface area contributed by atoms with Crippen LogP contribution in [0.25, 0.3) is 102 Å². The normalized spacial score (nSPS) is 13.4. The summed E-state index contributed by atoms with van der Waals surface area (Å²) in [5.41, 5.74) is 24.0. The Balaban J connectivity index is 1.46. The lowest BCUT2D eigenvalue weighted by molar-refractivity contribution is 0.0602. The molecule has 6 aromatic rings. The van der Waals surface area contributed by atoms with Crippen molar-refractivity contribution in [1.82, 2.24) is 19.9 Å². The van der Waals surface area contributed by atoms with Crippen molar-refractivity contribution >= 4 is 52.3 Å². The molecule has 0 fully saturated rings. The Bertz CT molecular complexity index is 3830. The van der Waals surface area contributed by atoms with Crippen LogP contribution in [0, 0.1) is 0 Å². The summed E-state index contributed by atoms with van der Waals surface area (Å²) in [7, 11) is 1.45. The highest BCUT2D eigenvalue weighted by molar-refractivity contribution is 6.08. The van der Waals surface area contributed by atoms with E-state index in [4.69, 9.17) is 14.7 Å². The molecule has 80 heavy (non-hydrogen) atoms. The summed E-state index contributed by atoms with van der Waals surface area (Å²) in [6, 6.07) is 42.3. The van der Waals surface area contributed by atoms with Gasteiger partial charge in [-0.15, -0.1) is 0 Å². The zero-order valence-corrected chi connectivity index (χ0v) is 51.0. The Morgan fingerprint density at radius 1 is 0.350 bits per heavy atom. The number of fused-ring (bicyclic) bond motifs is 9. The molecule has 10 rings (SSSR count). The molecular formula is C74H82N4O2. The van der Waals surface area contributed by atoms with Crippen LogP contribution in [0.1, 0.15) is 191 Å². The van der Waals surface area contributed by atoms with Crippen LogP contribution in [-0.2, 0) is 37.2 Å². The van der Waals surface area contributed by atoms with E-state index in [0.29, 0.717) is 5.56 Å². The second kappa shape index (κ2) is 19.6. The predicted molar refractivity (Wildman–Crippen MR) is 341 cm³/mol. The molecular weight excluding hydrogens is 977 g/mol. The molecule has 0 spiro atoms. The van der Waals surface area contributed by atoms with Crippen molar-refractivity contribution in [3.63, 3.8) is 0 Å². The van der Waals surface area contributed by atoms with Gasteiger partial charge in [-0.2, -0.15) is 0 Å². The van der Waals surface area contributed by atoms with Crippen LogP contribution >= 0.6 is 0 Å². The Kier molecular flexibility index (Phi) is 13.7. The number of carbonyl (C=O) groups is 1. The number of hydrogen-bond acceptors (Lipinski definition) is 4.